The van der Waals surface area contributed by atoms with E-state index in [1.54, 1.807) is 7.11 Å². The van der Waals surface area contributed by atoms with Gasteiger partial charge in [0.2, 0.25) is 5.91 Å². The van der Waals surface area contributed by atoms with E-state index in [1.807, 2.05) is 44.2 Å². The number of piperazine rings is 1. The summed E-state index contributed by atoms with van der Waals surface area (Å²) in [6, 6.07) is 10.3. The number of amides is 1. The van der Waals surface area contributed by atoms with Crippen molar-refractivity contribution in [3.8, 4) is 0 Å². The molecule has 9 heteroatoms. The minimum atomic E-state index is 0.0410. The van der Waals surface area contributed by atoms with E-state index in [1.165, 1.54) is 5.56 Å². The van der Waals surface area contributed by atoms with Gasteiger partial charge >= 0.3 is 0 Å². The average molecular weight is 442 g/mol. The molecule has 9 nitrogen and oxygen atoms in total. The summed E-state index contributed by atoms with van der Waals surface area (Å²) in [6.07, 6.45) is 0. The molecule has 1 fully saturated rings. The Labute approximate surface area is 190 Å². The zero-order chi connectivity index (χ0) is 22.9. The van der Waals surface area contributed by atoms with Crippen LogP contribution in [0.3, 0.4) is 0 Å². The molecule has 0 unspecified atom stereocenters. The topological polar surface area (TPSA) is 85.3 Å². The molecule has 174 valence electrons. The number of nitrogens with zero attached hydrogens (tertiary/aromatic N) is 5. The van der Waals surface area contributed by atoms with Crippen LogP contribution in [0.4, 0.5) is 5.82 Å². The van der Waals surface area contributed by atoms with Gasteiger partial charge in [-0.25, -0.2) is 4.98 Å². The van der Waals surface area contributed by atoms with Crippen LogP contribution in [-0.2, 0) is 16.1 Å². The molecule has 3 rings (SSSR count). The highest BCUT2D eigenvalue weighted by molar-refractivity contribution is 5.85. The number of hydrogen-bond donors (Lipinski definition) is 2. The van der Waals surface area contributed by atoms with Gasteiger partial charge in [-0.15, -0.1) is 0 Å². The molecule has 2 aromatic rings. The van der Waals surface area contributed by atoms with Gasteiger partial charge in [-0.3, -0.25) is 14.7 Å². The summed E-state index contributed by atoms with van der Waals surface area (Å²) in [5, 5.41) is 7.54. The third-order valence-electron chi connectivity index (χ3n) is 5.56. The highest BCUT2D eigenvalue weighted by Gasteiger charge is 2.21. The van der Waals surface area contributed by atoms with Crippen LogP contribution >= 0.6 is 0 Å². The van der Waals surface area contributed by atoms with Crippen LogP contribution in [0.25, 0.3) is 10.9 Å². The van der Waals surface area contributed by atoms with Crippen molar-refractivity contribution in [2.75, 3.05) is 79.0 Å². The van der Waals surface area contributed by atoms with Crippen LogP contribution in [0.15, 0.2) is 35.3 Å². The van der Waals surface area contributed by atoms with Gasteiger partial charge < -0.3 is 25.2 Å². The lowest BCUT2D eigenvalue weighted by Crippen LogP contribution is -2.54. The molecule has 0 radical (unpaired) electrons. The molecule has 1 aliphatic heterocycles. The van der Waals surface area contributed by atoms with Crippen LogP contribution in [0.1, 0.15) is 5.56 Å². The molecule has 1 amide bonds. The van der Waals surface area contributed by atoms with Gasteiger partial charge in [0.25, 0.3) is 0 Å². The number of carbonyl (C=O) groups is 1. The second-order valence-electron chi connectivity index (χ2n) is 8.06. The number of rotatable bonds is 8. The van der Waals surface area contributed by atoms with E-state index in [9.17, 15) is 4.79 Å². The number of guanidine groups is 1. The molecular weight excluding hydrogens is 406 g/mol. The van der Waals surface area contributed by atoms with Crippen molar-refractivity contribution in [3.05, 3.63) is 35.9 Å². The first-order valence-electron chi connectivity index (χ1n) is 11.0. The molecule has 1 aromatic heterocycles. The average Bonchev–Trinajstić information content (AvgIpc) is 2.80. The Balaban J connectivity index is 1.57. The fourth-order valence-electron chi connectivity index (χ4n) is 3.78. The van der Waals surface area contributed by atoms with Gasteiger partial charge in [-0.1, -0.05) is 18.2 Å². The Bertz CT molecular complexity index is 924. The molecule has 0 saturated carbocycles. The summed E-state index contributed by atoms with van der Waals surface area (Å²) >= 11 is 0. The zero-order valence-electron chi connectivity index (χ0n) is 19.6. The van der Waals surface area contributed by atoms with Gasteiger partial charge in [0.05, 0.1) is 18.7 Å². The minimum absolute atomic E-state index is 0.0410. The molecule has 1 aliphatic rings. The van der Waals surface area contributed by atoms with Gasteiger partial charge in [-0.2, -0.15) is 0 Å². The van der Waals surface area contributed by atoms with E-state index >= 15 is 0 Å². The van der Waals surface area contributed by atoms with Gasteiger partial charge in [0.15, 0.2) is 5.96 Å². The van der Waals surface area contributed by atoms with Gasteiger partial charge in [0.1, 0.15) is 5.82 Å². The Hall–Kier alpha value is -2.91. The van der Waals surface area contributed by atoms with E-state index < -0.39 is 0 Å². The maximum atomic E-state index is 12.0. The SMILES string of the molecule is CN=C(NCc1cc(N(C)C)nc2ccccc12)N1CCN(CC(=O)NCCOC)CC1. The summed E-state index contributed by atoms with van der Waals surface area (Å²) in [7, 11) is 7.45. The normalized spacial score (nSPS) is 15.1. The van der Waals surface area contributed by atoms with E-state index in [0.717, 1.165) is 48.9 Å². The first-order chi connectivity index (χ1) is 15.5. The molecule has 1 aromatic carbocycles. The van der Waals surface area contributed by atoms with Crippen molar-refractivity contribution in [2.24, 2.45) is 4.99 Å². The Morgan fingerprint density at radius 1 is 1.19 bits per heavy atom. The molecule has 0 aliphatic carbocycles. The van der Waals surface area contributed by atoms with E-state index in [2.05, 4.69) is 37.6 Å². The molecule has 0 spiro atoms. The van der Waals surface area contributed by atoms with Crippen molar-refractivity contribution in [2.45, 2.75) is 6.54 Å². The molecule has 32 heavy (non-hydrogen) atoms. The van der Waals surface area contributed by atoms with Crippen molar-refractivity contribution >= 4 is 28.6 Å². The van der Waals surface area contributed by atoms with Crippen LogP contribution in [0.2, 0.25) is 0 Å². The van der Waals surface area contributed by atoms with Gasteiger partial charge in [0, 0.05) is 72.9 Å². The van der Waals surface area contributed by atoms with E-state index in [0.29, 0.717) is 26.2 Å². The number of fused-ring (bicyclic) bond motifs is 1. The second-order valence-corrected chi connectivity index (χ2v) is 8.06. The van der Waals surface area contributed by atoms with Gasteiger partial charge in [-0.05, 0) is 17.7 Å². The third kappa shape index (κ3) is 6.30. The number of aromatic nitrogens is 1. The maximum Gasteiger partial charge on any atom is 0.234 e. The summed E-state index contributed by atoms with van der Waals surface area (Å²) in [5.74, 6) is 1.86. The predicted molar refractivity (Wildman–Crippen MR) is 129 cm³/mol. The Kier molecular flexibility index (Phi) is 8.64. The first kappa shape index (κ1) is 23.7. The Morgan fingerprint density at radius 3 is 2.62 bits per heavy atom. The lowest BCUT2D eigenvalue weighted by molar-refractivity contribution is -0.122. The second kappa shape index (κ2) is 11.6. The lowest BCUT2D eigenvalue weighted by atomic mass is 10.1. The Morgan fingerprint density at radius 2 is 1.94 bits per heavy atom. The fraction of sp³-hybridized carbons (Fsp3) is 0.522. The number of pyridine rings is 1. The van der Waals surface area contributed by atoms with Crippen molar-refractivity contribution in [1.29, 1.82) is 0 Å². The molecule has 2 N–H and O–H groups in total. The van der Waals surface area contributed by atoms with Crippen molar-refractivity contribution < 1.29 is 9.53 Å². The van der Waals surface area contributed by atoms with Crippen LogP contribution in [0.5, 0.6) is 0 Å². The smallest absolute Gasteiger partial charge is 0.234 e. The lowest BCUT2D eigenvalue weighted by Gasteiger charge is -2.36. The summed E-state index contributed by atoms with van der Waals surface area (Å²) in [6.45, 7) is 5.45. The molecular formula is C23H35N7O2. The zero-order valence-corrected chi connectivity index (χ0v) is 19.6. The molecule has 1 saturated heterocycles. The summed E-state index contributed by atoms with van der Waals surface area (Å²) in [4.78, 5) is 27.7. The first-order valence-corrected chi connectivity index (χ1v) is 11.0. The highest BCUT2D eigenvalue weighted by atomic mass is 16.5. The maximum absolute atomic E-state index is 12.0. The predicted octanol–water partition coefficient (Wildman–Crippen LogP) is 0.756. The van der Waals surface area contributed by atoms with Crippen molar-refractivity contribution in [1.82, 2.24) is 25.4 Å². The standard InChI is InChI=1S/C23H35N7O2/c1-24-23(30-12-10-29(11-13-30)17-22(31)25-9-14-32-4)26-16-18-15-21(28(2)3)27-20-8-6-5-7-19(18)20/h5-8,15H,9-14,16-17H2,1-4H3,(H,24,26)(H,25,31). The van der Waals surface area contributed by atoms with E-state index in [4.69, 9.17) is 9.72 Å². The number of anilines is 1. The number of methoxy groups -OCH3 is 1. The number of hydrogen-bond acceptors (Lipinski definition) is 6. The number of ether oxygens (including phenoxy) is 1. The molecule has 0 atom stereocenters. The van der Waals surface area contributed by atoms with Crippen LogP contribution in [-0.4, -0.2) is 101 Å². The highest BCUT2D eigenvalue weighted by Crippen LogP contribution is 2.22. The minimum Gasteiger partial charge on any atom is -0.383 e. The number of para-hydroxylation sites is 1. The van der Waals surface area contributed by atoms with Crippen LogP contribution < -0.4 is 15.5 Å². The monoisotopic (exact) mass is 441 g/mol. The largest absolute Gasteiger partial charge is 0.383 e. The van der Waals surface area contributed by atoms with Crippen molar-refractivity contribution in [3.63, 3.8) is 0 Å². The number of carbonyl (C=O) groups excluding carboxylic acids is 1. The number of nitrogens with one attached hydrogen (secondary N) is 2. The fourth-order valence-corrected chi connectivity index (χ4v) is 3.78. The summed E-state index contributed by atoms with van der Waals surface area (Å²) < 4.78 is 4.97. The third-order valence-corrected chi connectivity index (χ3v) is 5.56. The quantitative estimate of drug-likeness (QED) is 0.355. The molecule has 0 bridgehead atoms. The number of benzene rings is 1. The van der Waals surface area contributed by atoms with E-state index in [-0.39, 0.29) is 5.91 Å². The molecule has 2 heterocycles. The summed E-state index contributed by atoms with van der Waals surface area (Å²) in [5.41, 5.74) is 2.18. The number of aliphatic imine (C=N–C) groups is 1. The van der Waals surface area contributed by atoms with Crippen LogP contribution in [0, 0.1) is 0 Å².